The number of nitrogens with one attached hydrogen (secondary N) is 1. The lowest BCUT2D eigenvalue weighted by Gasteiger charge is -2.38. The zero-order chi connectivity index (χ0) is 15.8. The molecule has 0 aromatic carbocycles. The van der Waals surface area contributed by atoms with Crippen LogP contribution in [0.25, 0.3) is 0 Å². The lowest BCUT2D eigenvalue weighted by atomic mass is 9.98. The molecule has 5 heteroatoms. The maximum absolute atomic E-state index is 11.6. The van der Waals surface area contributed by atoms with Gasteiger partial charge < -0.3 is 9.84 Å². The van der Waals surface area contributed by atoms with Crippen molar-refractivity contribution in [3.8, 4) is 0 Å². The van der Waals surface area contributed by atoms with Crippen LogP contribution >= 0.6 is 0 Å². The molecule has 0 aliphatic rings. The first-order chi connectivity index (χ1) is 9.30. The third kappa shape index (κ3) is 6.20. The van der Waals surface area contributed by atoms with Crippen LogP contribution in [0.1, 0.15) is 47.5 Å². The summed E-state index contributed by atoms with van der Waals surface area (Å²) < 4.78 is 5.16. The summed E-state index contributed by atoms with van der Waals surface area (Å²) in [5.74, 6) is -0.806. The van der Waals surface area contributed by atoms with Gasteiger partial charge in [-0.25, -0.2) is 0 Å². The van der Waals surface area contributed by atoms with Crippen LogP contribution in [0.4, 0.5) is 0 Å². The van der Waals surface area contributed by atoms with E-state index in [9.17, 15) is 9.90 Å². The molecule has 0 saturated carbocycles. The van der Waals surface area contributed by atoms with E-state index in [2.05, 4.69) is 24.1 Å². The molecule has 120 valence electrons. The molecule has 0 rings (SSSR count). The minimum Gasteiger partial charge on any atom is -0.480 e. The van der Waals surface area contributed by atoms with Gasteiger partial charge in [-0.05, 0) is 33.6 Å². The summed E-state index contributed by atoms with van der Waals surface area (Å²) in [7, 11) is 1.67. The lowest BCUT2D eigenvalue weighted by Crippen LogP contribution is -2.60. The Bertz CT molecular complexity index is 280. The second kappa shape index (κ2) is 9.32. The Morgan fingerprint density at radius 2 is 1.90 bits per heavy atom. The minimum atomic E-state index is -0.940. The van der Waals surface area contributed by atoms with Gasteiger partial charge in [-0.1, -0.05) is 13.8 Å². The van der Waals surface area contributed by atoms with Crippen LogP contribution in [0.5, 0.6) is 0 Å². The SMILES string of the molecule is CCC(CC)N(CCOC)CC(C)(NC(C)C)C(=O)O. The maximum Gasteiger partial charge on any atom is 0.324 e. The van der Waals surface area contributed by atoms with E-state index in [1.54, 1.807) is 14.0 Å². The molecular formula is C15H32N2O3. The zero-order valence-electron chi connectivity index (χ0n) is 13.9. The standard InChI is InChI=1S/C15H32N2O3/c1-7-13(8-2)17(9-10-20-6)11-15(5,14(18)19)16-12(3)4/h12-13,16H,7-11H2,1-6H3,(H,18,19). The number of methoxy groups -OCH3 is 1. The van der Waals surface area contributed by atoms with Crippen molar-refractivity contribution in [3.63, 3.8) is 0 Å². The van der Waals surface area contributed by atoms with Crippen molar-refractivity contribution in [1.29, 1.82) is 0 Å². The number of hydrogen-bond acceptors (Lipinski definition) is 4. The average Bonchev–Trinajstić information content (AvgIpc) is 2.35. The van der Waals surface area contributed by atoms with Crippen LogP contribution in [-0.2, 0) is 9.53 Å². The van der Waals surface area contributed by atoms with Crippen LogP contribution < -0.4 is 5.32 Å². The number of nitrogens with zero attached hydrogens (tertiary/aromatic N) is 1. The fourth-order valence-electron chi connectivity index (χ4n) is 2.62. The first-order valence-electron chi connectivity index (χ1n) is 7.54. The van der Waals surface area contributed by atoms with Crippen molar-refractivity contribution >= 4 is 5.97 Å². The minimum absolute atomic E-state index is 0.127. The number of aliphatic carboxylic acids is 1. The van der Waals surface area contributed by atoms with Gasteiger partial charge in [0, 0.05) is 32.3 Å². The maximum atomic E-state index is 11.6. The molecule has 0 aliphatic heterocycles. The summed E-state index contributed by atoms with van der Waals surface area (Å²) in [6, 6.07) is 0.514. The molecule has 2 N–H and O–H groups in total. The Kier molecular flexibility index (Phi) is 9.01. The Hall–Kier alpha value is -0.650. The van der Waals surface area contributed by atoms with Crippen LogP contribution in [-0.4, -0.2) is 60.4 Å². The summed E-state index contributed by atoms with van der Waals surface area (Å²) in [6.45, 7) is 11.8. The van der Waals surface area contributed by atoms with Gasteiger partial charge in [0.2, 0.25) is 0 Å². The van der Waals surface area contributed by atoms with E-state index in [4.69, 9.17) is 4.74 Å². The van der Waals surface area contributed by atoms with Crippen molar-refractivity contribution in [2.75, 3.05) is 26.8 Å². The highest BCUT2D eigenvalue weighted by Crippen LogP contribution is 2.15. The summed E-state index contributed by atoms with van der Waals surface area (Å²) >= 11 is 0. The molecule has 0 aromatic heterocycles. The number of carboxylic acid groups (broad SMARTS) is 1. The highest BCUT2D eigenvalue weighted by atomic mass is 16.5. The molecule has 0 amide bonds. The molecule has 1 atom stereocenters. The van der Waals surface area contributed by atoms with Gasteiger partial charge in [0.1, 0.15) is 5.54 Å². The van der Waals surface area contributed by atoms with Gasteiger partial charge in [0.15, 0.2) is 0 Å². The largest absolute Gasteiger partial charge is 0.480 e. The molecular weight excluding hydrogens is 256 g/mol. The van der Waals surface area contributed by atoms with Crippen LogP contribution in [0.3, 0.4) is 0 Å². The predicted octanol–water partition coefficient (Wildman–Crippen LogP) is 1.96. The van der Waals surface area contributed by atoms with Crippen LogP contribution in [0, 0.1) is 0 Å². The van der Waals surface area contributed by atoms with Gasteiger partial charge >= 0.3 is 5.97 Å². The topological polar surface area (TPSA) is 61.8 Å². The molecule has 0 spiro atoms. The second-order valence-electron chi connectivity index (χ2n) is 5.87. The molecule has 0 saturated heterocycles. The second-order valence-corrected chi connectivity index (χ2v) is 5.87. The van der Waals surface area contributed by atoms with Crippen LogP contribution in [0.15, 0.2) is 0 Å². The smallest absolute Gasteiger partial charge is 0.324 e. The van der Waals surface area contributed by atoms with E-state index < -0.39 is 11.5 Å². The summed E-state index contributed by atoms with van der Waals surface area (Å²) in [5, 5.41) is 12.7. The Balaban J connectivity index is 5.00. The zero-order valence-corrected chi connectivity index (χ0v) is 13.9. The molecule has 0 aromatic rings. The summed E-state index contributed by atoms with van der Waals surface area (Å²) in [5.41, 5.74) is -0.940. The van der Waals surface area contributed by atoms with Crippen molar-refractivity contribution in [3.05, 3.63) is 0 Å². The van der Waals surface area contributed by atoms with Gasteiger partial charge in [0.05, 0.1) is 6.61 Å². The number of ether oxygens (including phenoxy) is 1. The van der Waals surface area contributed by atoms with E-state index in [-0.39, 0.29) is 6.04 Å². The predicted molar refractivity (Wildman–Crippen MR) is 82.1 cm³/mol. The number of carbonyl (C=O) groups is 1. The van der Waals surface area contributed by atoms with Gasteiger partial charge in [0.25, 0.3) is 0 Å². The number of rotatable bonds is 11. The monoisotopic (exact) mass is 288 g/mol. The molecule has 5 nitrogen and oxygen atoms in total. The Morgan fingerprint density at radius 1 is 1.35 bits per heavy atom. The highest BCUT2D eigenvalue weighted by Gasteiger charge is 2.36. The van der Waals surface area contributed by atoms with Crippen molar-refractivity contribution < 1.29 is 14.6 Å². The summed E-state index contributed by atoms with van der Waals surface area (Å²) in [6.07, 6.45) is 2.02. The Morgan fingerprint density at radius 3 is 2.25 bits per heavy atom. The molecule has 0 heterocycles. The van der Waals surface area contributed by atoms with Crippen molar-refractivity contribution in [1.82, 2.24) is 10.2 Å². The molecule has 1 unspecified atom stereocenters. The van der Waals surface area contributed by atoms with Gasteiger partial charge in [-0.2, -0.15) is 0 Å². The Labute approximate surface area is 123 Å². The molecule has 0 aliphatic carbocycles. The third-order valence-electron chi connectivity index (χ3n) is 3.64. The van der Waals surface area contributed by atoms with Crippen LogP contribution in [0.2, 0.25) is 0 Å². The van der Waals surface area contributed by atoms with E-state index >= 15 is 0 Å². The molecule has 20 heavy (non-hydrogen) atoms. The normalized spacial score (nSPS) is 15.1. The van der Waals surface area contributed by atoms with Crippen molar-refractivity contribution in [2.24, 2.45) is 0 Å². The number of carboxylic acids is 1. The fourth-order valence-corrected chi connectivity index (χ4v) is 2.62. The number of hydrogen-bond donors (Lipinski definition) is 2. The quantitative estimate of drug-likeness (QED) is 0.608. The first-order valence-corrected chi connectivity index (χ1v) is 7.54. The fraction of sp³-hybridized carbons (Fsp3) is 0.933. The lowest BCUT2D eigenvalue weighted by molar-refractivity contribution is -0.145. The van der Waals surface area contributed by atoms with E-state index in [1.165, 1.54) is 0 Å². The summed E-state index contributed by atoms with van der Waals surface area (Å²) in [4.78, 5) is 13.9. The highest BCUT2D eigenvalue weighted by molar-refractivity contribution is 5.78. The molecule has 0 fully saturated rings. The van der Waals surface area contributed by atoms with E-state index in [1.807, 2.05) is 13.8 Å². The average molecular weight is 288 g/mol. The van der Waals surface area contributed by atoms with Gasteiger partial charge in [-0.15, -0.1) is 0 Å². The van der Waals surface area contributed by atoms with E-state index in [0.29, 0.717) is 19.2 Å². The van der Waals surface area contributed by atoms with E-state index in [0.717, 1.165) is 19.4 Å². The molecule has 0 bridgehead atoms. The third-order valence-corrected chi connectivity index (χ3v) is 3.64. The van der Waals surface area contributed by atoms with Crippen molar-refractivity contribution in [2.45, 2.75) is 65.1 Å². The molecule has 0 radical (unpaired) electrons. The van der Waals surface area contributed by atoms with Gasteiger partial charge in [-0.3, -0.25) is 15.0 Å². The first kappa shape index (κ1) is 19.4.